The lowest BCUT2D eigenvalue weighted by atomic mass is 9.98. The van der Waals surface area contributed by atoms with E-state index in [2.05, 4.69) is 0 Å². The van der Waals surface area contributed by atoms with Crippen LogP contribution in [0.2, 0.25) is 0 Å². The normalized spacial score (nSPS) is 11.5. The zero-order chi connectivity index (χ0) is 8.04. The molecular weight excluding hydrogens is 146 g/mol. The van der Waals surface area contributed by atoms with Crippen LogP contribution in [0.1, 0.15) is 33.1 Å². The maximum absolute atomic E-state index is 10.7. The maximum Gasteiger partial charge on any atom is 0.465 e. The van der Waals surface area contributed by atoms with Crippen molar-refractivity contribution < 1.29 is 4.21 Å². The van der Waals surface area contributed by atoms with Crippen molar-refractivity contribution >= 4 is 11.7 Å². The van der Waals surface area contributed by atoms with Crippen molar-refractivity contribution in [3.8, 4) is 0 Å². The Bertz CT molecular complexity index is 102. The third-order valence-corrected chi connectivity index (χ3v) is 3.20. The second-order valence-corrected chi connectivity index (χ2v) is 3.54. The molecule has 0 bridgehead atoms. The van der Waals surface area contributed by atoms with Gasteiger partial charge >= 0.3 is 11.7 Å². The van der Waals surface area contributed by atoms with Crippen molar-refractivity contribution in [2.24, 2.45) is 5.73 Å². The van der Waals surface area contributed by atoms with Crippen molar-refractivity contribution in [1.29, 1.82) is 0 Å². The van der Waals surface area contributed by atoms with E-state index < -0.39 is 0 Å². The highest BCUT2D eigenvalue weighted by atomic mass is 32.1. The van der Waals surface area contributed by atoms with Crippen LogP contribution in [0.4, 0.5) is 0 Å². The average molecular weight is 162 g/mol. The first-order valence-corrected chi connectivity index (χ1v) is 4.50. The highest BCUT2D eigenvalue weighted by Gasteiger charge is 2.39. The summed E-state index contributed by atoms with van der Waals surface area (Å²) in [5.74, 6) is 0. The molecular formula is C7H16NOS+. The van der Waals surface area contributed by atoms with Crippen LogP contribution in [0, 0.1) is 0 Å². The summed E-state index contributed by atoms with van der Waals surface area (Å²) in [5.41, 5.74) is 5.39. The Kier molecular flexibility index (Phi) is 4.73. The van der Waals surface area contributed by atoms with E-state index in [1.807, 2.05) is 13.8 Å². The molecule has 0 heterocycles. The minimum absolute atomic E-state index is 0.0885. The predicted octanol–water partition coefficient (Wildman–Crippen LogP) is 1.32. The van der Waals surface area contributed by atoms with E-state index in [4.69, 9.17) is 5.73 Å². The van der Waals surface area contributed by atoms with Crippen LogP contribution in [-0.2, 0) is 15.9 Å². The fourth-order valence-corrected chi connectivity index (χ4v) is 1.46. The molecule has 10 heavy (non-hydrogen) atoms. The molecule has 0 fully saturated rings. The molecule has 2 nitrogen and oxygen atoms in total. The topological polar surface area (TPSA) is 43.1 Å². The van der Waals surface area contributed by atoms with E-state index >= 15 is 0 Å². The lowest BCUT2D eigenvalue weighted by Crippen LogP contribution is -2.28. The maximum atomic E-state index is 10.7. The smallest absolute Gasteiger partial charge is 0.330 e. The first-order valence-electron chi connectivity index (χ1n) is 3.75. The van der Waals surface area contributed by atoms with Crippen LogP contribution >= 0.6 is 0 Å². The van der Waals surface area contributed by atoms with Gasteiger partial charge in [-0.25, -0.2) is 0 Å². The molecule has 0 spiro atoms. The summed E-state index contributed by atoms with van der Waals surface area (Å²) in [6.07, 6.45) is 2.69. The van der Waals surface area contributed by atoms with Crippen LogP contribution < -0.4 is 5.73 Å². The van der Waals surface area contributed by atoms with Gasteiger partial charge in [0, 0.05) is 23.5 Å². The van der Waals surface area contributed by atoms with Gasteiger partial charge in [0.15, 0.2) is 0 Å². The van der Waals surface area contributed by atoms with E-state index in [0.717, 1.165) is 19.3 Å². The lowest BCUT2D eigenvalue weighted by molar-refractivity contribution is 0.488. The molecule has 60 valence electrons. The Hall–Kier alpha value is -0.0200. The molecule has 0 saturated heterocycles. The molecule has 0 saturated carbocycles. The molecule has 0 aliphatic heterocycles. The van der Waals surface area contributed by atoms with Crippen molar-refractivity contribution in [2.75, 3.05) is 6.54 Å². The zero-order valence-electron chi connectivity index (χ0n) is 6.72. The summed E-state index contributed by atoms with van der Waals surface area (Å²) in [5, 5.41) is 0. The van der Waals surface area contributed by atoms with Gasteiger partial charge in [-0.3, -0.25) is 0 Å². The number of nitrogens with two attached hydrogens (primary N) is 1. The molecule has 0 unspecified atom stereocenters. The number of rotatable bonds is 5. The van der Waals surface area contributed by atoms with Crippen LogP contribution in [-0.4, -0.2) is 11.3 Å². The fourth-order valence-electron chi connectivity index (χ4n) is 1.03. The van der Waals surface area contributed by atoms with Gasteiger partial charge in [0.2, 0.25) is 4.75 Å². The second kappa shape index (κ2) is 4.74. The molecule has 0 rings (SSSR count). The van der Waals surface area contributed by atoms with E-state index in [9.17, 15) is 4.21 Å². The zero-order valence-corrected chi connectivity index (χ0v) is 7.54. The number of hydrogen-bond donors (Lipinski definition) is 1. The summed E-state index contributed by atoms with van der Waals surface area (Å²) in [6, 6.07) is 0. The Morgan fingerprint density at radius 2 is 1.90 bits per heavy atom. The first-order chi connectivity index (χ1) is 4.74. The Morgan fingerprint density at radius 3 is 2.00 bits per heavy atom. The highest BCUT2D eigenvalue weighted by Crippen LogP contribution is 2.21. The largest absolute Gasteiger partial charge is 0.465 e. The molecule has 3 heteroatoms. The van der Waals surface area contributed by atoms with Gasteiger partial charge in [0.1, 0.15) is 0 Å². The van der Waals surface area contributed by atoms with Gasteiger partial charge in [0.25, 0.3) is 0 Å². The minimum Gasteiger partial charge on any atom is -0.330 e. The standard InChI is InChI=1S/C7H16NOS/c1-3-7(4-2,10-9)5-6-8/h3-6,8H2,1-2H3/q+1. The molecule has 0 aromatic heterocycles. The predicted molar refractivity (Wildman–Crippen MR) is 45.0 cm³/mol. The Balaban J connectivity index is 4.00. The molecule has 2 N–H and O–H groups in total. The molecule has 0 amide bonds. The minimum atomic E-state index is -0.0885. The molecule has 0 radical (unpaired) electrons. The van der Waals surface area contributed by atoms with Crippen LogP contribution in [0.25, 0.3) is 0 Å². The van der Waals surface area contributed by atoms with Crippen LogP contribution in [0.15, 0.2) is 0 Å². The molecule has 0 aromatic carbocycles. The van der Waals surface area contributed by atoms with Crippen molar-refractivity contribution in [3.63, 3.8) is 0 Å². The van der Waals surface area contributed by atoms with Gasteiger partial charge in [-0.05, 0) is 6.54 Å². The molecule has 0 aliphatic carbocycles. The van der Waals surface area contributed by atoms with Gasteiger partial charge in [-0.2, -0.15) is 0 Å². The van der Waals surface area contributed by atoms with E-state index in [1.165, 1.54) is 0 Å². The van der Waals surface area contributed by atoms with Crippen LogP contribution in [0.5, 0.6) is 0 Å². The molecule has 0 aliphatic rings. The summed E-state index contributed by atoms with van der Waals surface area (Å²) in [7, 11) is 0. The quantitative estimate of drug-likeness (QED) is 0.620. The SMILES string of the molecule is CCC(CC)(CCN)[S+]=O. The summed E-state index contributed by atoms with van der Waals surface area (Å²) in [4.78, 5) is 0. The van der Waals surface area contributed by atoms with Gasteiger partial charge in [-0.1, -0.05) is 13.8 Å². The van der Waals surface area contributed by atoms with Gasteiger partial charge < -0.3 is 5.73 Å². The van der Waals surface area contributed by atoms with Crippen molar-refractivity contribution in [3.05, 3.63) is 0 Å². The van der Waals surface area contributed by atoms with Crippen molar-refractivity contribution in [2.45, 2.75) is 37.9 Å². The molecule has 0 aromatic rings. The first kappa shape index (κ1) is 9.98. The number of hydrogen-bond acceptors (Lipinski definition) is 2. The lowest BCUT2D eigenvalue weighted by Gasteiger charge is -2.10. The third kappa shape index (κ3) is 2.31. The highest BCUT2D eigenvalue weighted by molar-refractivity contribution is 7.67. The van der Waals surface area contributed by atoms with Gasteiger partial charge in [0.05, 0.1) is 0 Å². The summed E-state index contributed by atoms with van der Waals surface area (Å²) >= 11 is 0.712. The van der Waals surface area contributed by atoms with Gasteiger partial charge in [-0.15, -0.1) is 0 Å². The Morgan fingerprint density at radius 1 is 1.40 bits per heavy atom. The Labute approximate surface area is 66.7 Å². The van der Waals surface area contributed by atoms with E-state index in [1.54, 1.807) is 0 Å². The second-order valence-electron chi connectivity index (χ2n) is 2.51. The van der Waals surface area contributed by atoms with Crippen LogP contribution in [0.3, 0.4) is 0 Å². The molecule has 0 atom stereocenters. The van der Waals surface area contributed by atoms with E-state index in [0.29, 0.717) is 18.2 Å². The average Bonchev–Trinajstić information content (AvgIpc) is 2.01. The monoisotopic (exact) mass is 162 g/mol. The third-order valence-electron chi connectivity index (χ3n) is 2.07. The van der Waals surface area contributed by atoms with Crippen molar-refractivity contribution in [1.82, 2.24) is 0 Å². The fraction of sp³-hybridized carbons (Fsp3) is 1.00. The summed E-state index contributed by atoms with van der Waals surface area (Å²) in [6.45, 7) is 4.71. The van der Waals surface area contributed by atoms with E-state index in [-0.39, 0.29) is 4.75 Å². The summed E-state index contributed by atoms with van der Waals surface area (Å²) < 4.78 is 10.6.